The molecule has 96 valence electrons. The Hall–Kier alpha value is -1.83. The molecule has 2 nitrogen and oxygen atoms in total. The molecule has 0 unspecified atom stereocenters. The van der Waals surface area contributed by atoms with Crippen LogP contribution in [-0.4, -0.2) is 13.3 Å². The average Bonchev–Trinajstić information content (AvgIpc) is 2.37. The summed E-state index contributed by atoms with van der Waals surface area (Å²) in [5.74, 6) is 0.872. The van der Waals surface area contributed by atoms with Crippen molar-refractivity contribution in [3.63, 3.8) is 0 Å². The molecule has 0 spiro atoms. The van der Waals surface area contributed by atoms with Gasteiger partial charge in [0.05, 0.1) is 7.11 Å². The van der Waals surface area contributed by atoms with Crippen molar-refractivity contribution >= 4 is 6.21 Å². The summed E-state index contributed by atoms with van der Waals surface area (Å²) in [7, 11) is 1.68. The van der Waals surface area contributed by atoms with E-state index in [9.17, 15) is 0 Å². The SMILES string of the molecule is C=C(C)CCc1ccc(CC(=C)C=N)c(OC)c1. The highest BCUT2D eigenvalue weighted by molar-refractivity contribution is 5.75. The van der Waals surface area contributed by atoms with Crippen molar-refractivity contribution in [2.75, 3.05) is 7.11 Å². The van der Waals surface area contributed by atoms with Crippen molar-refractivity contribution in [3.8, 4) is 5.75 Å². The largest absolute Gasteiger partial charge is 0.496 e. The van der Waals surface area contributed by atoms with E-state index in [4.69, 9.17) is 10.1 Å². The Labute approximate surface area is 110 Å². The predicted molar refractivity (Wildman–Crippen MR) is 77.8 cm³/mol. The molecule has 18 heavy (non-hydrogen) atoms. The summed E-state index contributed by atoms with van der Waals surface area (Å²) in [5, 5.41) is 7.17. The van der Waals surface area contributed by atoms with E-state index in [2.05, 4.69) is 31.4 Å². The Morgan fingerprint density at radius 2 is 2.11 bits per heavy atom. The molecular weight excluding hydrogens is 222 g/mol. The number of nitrogens with one attached hydrogen (secondary N) is 1. The lowest BCUT2D eigenvalue weighted by Gasteiger charge is -2.11. The molecule has 0 aliphatic rings. The molecule has 0 bridgehead atoms. The summed E-state index contributed by atoms with van der Waals surface area (Å²) in [6.07, 6.45) is 3.93. The Bertz CT molecular complexity index is 460. The first-order valence-corrected chi connectivity index (χ1v) is 6.05. The van der Waals surface area contributed by atoms with E-state index in [0.29, 0.717) is 6.42 Å². The lowest BCUT2D eigenvalue weighted by molar-refractivity contribution is 0.410. The van der Waals surface area contributed by atoms with Gasteiger partial charge in [0.1, 0.15) is 5.75 Å². The molecule has 0 saturated heterocycles. The molecule has 0 heterocycles. The number of ether oxygens (including phenoxy) is 1. The number of methoxy groups -OCH3 is 1. The molecule has 1 aromatic carbocycles. The Kier molecular flexibility index (Phi) is 5.37. The summed E-state index contributed by atoms with van der Waals surface area (Å²) in [6.45, 7) is 9.77. The van der Waals surface area contributed by atoms with Gasteiger partial charge in [-0.25, -0.2) is 0 Å². The van der Waals surface area contributed by atoms with Gasteiger partial charge < -0.3 is 10.1 Å². The number of allylic oxidation sites excluding steroid dienone is 2. The van der Waals surface area contributed by atoms with Crippen molar-refractivity contribution in [2.45, 2.75) is 26.2 Å². The molecule has 0 aromatic heterocycles. The fourth-order valence-electron chi connectivity index (χ4n) is 1.74. The van der Waals surface area contributed by atoms with E-state index in [1.807, 2.05) is 6.92 Å². The van der Waals surface area contributed by atoms with Crippen LogP contribution in [0.5, 0.6) is 5.75 Å². The van der Waals surface area contributed by atoms with Gasteiger partial charge in [0.25, 0.3) is 0 Å². The summed E-state index contributed by atoms with van der Waals surface area (Å²) in [5.41, 5.74) is 4.29. The van der Waals surface area contributed by atoms with E-state index < -0.39 is 0 Å². The summed E-state index contributed by atoms with van der Waals surface area (Å²) in [6, 6.07) is 6.23. The van der Waals surface area contributed by atoms with Crippen LogP contribution in [0.1, 0.15) is 24.5 Å². The number of rotatable bonds is 7. The van der Waals surface area contributed by atoms with E-state index in [1.54, 1.807) is 7.11 Å². The van der Waals surface area contributed by atoms with Crippen LogP contribution in [0.15, 0.2) is 42.5 Å². The second kappa shape index (κ2) is 6.80. The number of benzene rings is 1. The van der Waals surface area contributed by atoms with Crippen LogP contribution in [0.4, 0.5) is 0 Å². The van der Waals surface area contributed by atoms with E-state index in [-0.39, 0.29) is 0 Å². The second-order valence-corrected chi connectivity index (χ2v) is 4.58. The van der Waals surface area contributed by atoms with Gasteiger partial charge >= 0.3 is 0 Å². The first-order valence-electron chi connectivity index (χ1n) is 6.05. The fraction of sp³-hybridized carbons (Fsp3) is 0.312. The van der Waals surface area contributed by atoms with Crippen molar-refractivity contribution in [1.82, 2.24) is 0 Å². The van der Waals surface area contributed by atoms with Crippen molar-refractivity contribution in [3.05, 3.63) is 53.6 Å². The number of hydrogen-bond donors (Lipinski definition) is 1. The highest BCUT2D eigenvalue weighted by atomic mass is 16.5. The van der Waals surface area contributed by atoms with Gasteiger partial charge in [-0.3, -0.25) is 0 Å². The third-order valence-corrected chi connectivity index (χ3v) is 2.81. The summed E-state index contributed by atoms with van der Waals surface area (Å²) < 4.78 is 5.40. The van der Waals surface area contributed by atoms with Crippen LogP contribution < -0.4 is 4.74 Å². The van der Waals surface area contributed by atoms with Crippen molar-refractivity contribution in [2.24, 2.45) is 0 Å². The lowest BCUT2D eigenvalue weighted by Crippen LogP contribution is -1.97. The van der Waals surface area contributed by atoms with E-state index in [0.717, 1.165) is 29.7 Å². The molecule has 0 aliphatic heterocycles. The van der Waals surface area contributed by atoms with Gasteiger partial charge in [0.2, 0.25) is 0 Å². The minimum atomic E-state index is 0.660. The summed E-state index contributed by atoms with van der Waals surface area (Å²) >= 11 is 0. The quantitative estimate of drug-likeness (QED) is 0.571. The monoisotopic (exact) mass is 243 g/mol. The van der Waals surface area contributed by atoms with Crippen LogP contribution in [0.25, 0.3) is 0 Å². The van der Waals surface area contributed by atoms with Crippen molar-refractivity contribution < 1.29 is 4.74 Å². The molecule has 0 amide bonds. The second-order valence-electron chi connectivity index (χ2n) is 4.58. The van der Waals surface area contributed by atoms with Crippen LogP contribution in [0.3, 0.4) is 0 Å². The third-order valence-electron chi connectivity index (χ3n) is 2.81. The standard InChI is InChI=1S/C16H21NO/c1-12(2)5-6-14-7-8-15(9-13(3)11-17)16(10-14)18-4/h7-8,10-11,17H,1,3,5-6,9H2,2,4H3. The maximum absolute atomic E-state index is 7.17. The highest BCUT2D eigenvalue weighted by Gasteiger charge is 2.05. The normalized spacial score (nSPS) is 9.89. The zero-order valence-corrected chi connectivity index (χ0v) is 11.3. The molecule has 1 N–H and O–H groups in total. The molecule has 1 rings (SSSR count). The maximum atomic E-state index is 7.17. The fourth-order valence-corrected chi connectivity index (χ4v) is 1.74. The van der Waals surface area contributed by atoms with Gasteiger partial charge in [-0.1, -0.05) is 24.3 Å². The Balaban J connectivity index is 2.85. The van der Waals surface area contributed by atoms with E-state index >= 15 is 0 Å². The molecule has 0 radical (unpaired) electrons. The van der Waals surface area contributed by atoms with Crippen LogP contribution in [0, 0.1) is 5.41 Å². The number of hydrogen-bond acceptors (Lipinski definition) is 2. The topological polar surface area (TPSA) is 33.1 Å². The predicted octanol–water partition coefficient (Wildman–Crippen LogP) is 3.95. The smallest absolute Gasteiger partial charge is 0.122 e. The molecule has 1 aromatic rings. The zero-order chi connectivity index (χ0) is 13.5. The molecule has 0 atom stereocenters. The number of aryl methyl sites for hydroxylation is 1. The molecule has 0 saturated carbocycles. The molecule has 2 heteroatoms. The van der Waals surface area contributed by atoms with Crippen LogP contribution in [-0.2, 0) is 12.8 Å². The zero-order valence-electron chi connectivity index (χ0n) is 11.3. The minimum Gasteiger partial charge on any atom is -0.496 e. The van der Waals surface area contributed by atoms with E-state index in [1.165, 1.54) is 17.4 Å². The van der Waals surface area contributed by atoms with Gasteiger partial charge in [0.15, 0.2) is 0 Å². The third kappa shape index (κ3) is 4.21. The average molecular weight is 243 g/mol. The van der Waals surface area contributed by atoms with Gasteiger partial charge in [-0.2, -0.15) is 0 Å². The van der Waals surface area contributed by atoms with Crippen LogP contribution >= 0.6 is 0 Å². The minimum absolute atomic E-state index is 0.660. The van der Waals surface area contributed by atoms with Crippen LogP contribution in [0.2, 0.25) is 0 Å². The Morgan fingerprint density at radius 1 is 1.39 bits per heavy atom. The van der Waals surface area contributed by atoms with Crippen molar-refractivity contribution in [1.29, 1.82) is 5.41 Å². The maximum Gasteiger partial charge on any atom is 0.122 e. The molecule has 0 aliphatic carbocycles. The summed E-state index contributed by atoms with van der Waals surface area (Å²) in [4.78, 5) is 0. The lowest BCUT2D eigenvalue weighted by atomic mass is 10.0. The Morgan fingerprint density at radius 3 is 2.67 bits per heavy atom. The highest BCUT2D eigenvalue weighted by Crippen LogP contribution is 2.23. The van der Waals surface area contributed by atoms with Gasteiger partial charge in [-0.05, 0) is 42.5 Å². The first kappa shape index (κ1) is 14.2. The van der Waals surface area contributed by atoms with Gasteiger partial charge in [0, 0.05) is 12.6 Å². The molecule has 0 fully saturated rings. The first-order chi connectivity index (χ1) is 8.56. The molecular formula is C16H21NO. The van der Waals surface area contributed by atoms with Gasteiger partial charge in [-0.15, -0.1) is 6.58 Å².